The number of hydrogen-bond donors (Lipinski definition) is 1. The number of nitrogens with one attached hydrogen (secondary N) is 1. The van der Waals surface area contributed by atoms with Crippen LogP contribution in [0.5, 0.6) is 0 Å². The van der Waals surface area contributed by atoms with Gasteiger partial charge in [-0.3, -0.25) is 0 Å². The highest BCUT2D eigenvalue weighted by Gasteiger charge is 2.04. The van der Waals surface area contributed by atoms with E-state index in [-0.39, 0.29) is 0 Å². The number of benzene rings is 1. The van der Waals surface area contributed by atoms with Crippen molar-refractivity contribution in [3.05, 3.63) is 40.6 Å². The zero-order valence-corrected chi connectivity index (χ0v) is 12.1. The number of ether oxygens (including phenoxy) is 1. The van der Waals surface area contributed by atoms with E-state index in [1.165, 1.54) is 0 Å². The van der Waals surface area contributed by atoms with Crippen LogP contribution in [0, 0.1) is 0 Å². The molecule has 0 aliphatic rings. The van der Waals surface area contributed by atoms with Crippen molar-refractivity contribution in [2.45, 2.75) is 13.0 Å². The molecule has 1 aromatic heterocycles. The second-order valence-corrected chi connectivity index (χ2v) is 4.95. The van der Waals surface area contributed by atoms with Gasteiger partial charge in [-0.05, 0) is 24.6 Å². The molecule has 2 aromatic rings. The van der Waals surface area contributed by atoms with Gasteiger partial charge in [-0.15, -0.1) is 0 Å². The molecule has 0 saturated carbocycles. The SMILES string of the molecule is COCCCn1ccnc1Nc1cc(Cl)cc(Cl)c1. The zero-order chi connectivity index (χ0) is 13.7. The van der Waals surface area contributed by atoms with Crippen molar-refractivity contribution in [1.82, 2.24) is 9.55 Å². The van der Waals surface area contributed by atoms with Gasteiger partial charge in [-0.2, -0.15) is 0 Å². The fourth-order valence-electron chi connectivity index (χ4n) is 1.75. The lowest BCUT2D eigenvalue weighted by Gasteiger charge is -2.10. The van der Waals surface area contributed by atoms with E-state index in [2.05, 4.69) is 10.3 Å². The van der Waals surface area contributed by atoms with Gasteiger partial charge >= 0.3 is 0 Å². The topological polar surface area (TPSA) is 39.1 Å². The summed E-state index contributed by atoms with van der Waals surface area (Å²) >= 11 is 11.9. The number of imidazole rings is 1. The largest absolute Gasteiger partial charge is 0.385 e. The van der Waals surface area contributed by atoms with Crippen LogP contribution in [0.3, 0.4) is 0 Å². The van der Waals surface area contributed by atoms with Crippen molar-refractivity contribution < 1.29 is 4.74 Å². The third-order valence-corrected chi connectivity index (χ3v) is 3.02. The first-order chi connectivity index (χ1) is 9.19. The number of rotatable bonds is 6. The molecule has 0 saturated heterocycles. The highest BCUT2D eigenvalue weighted by molar-refractivity contribution is 6.35. The minimum atomic E-state index is 0.590. The number of nitrogens with zero attached hydrogens (tertiary/aromatic N) is 2. The van der Waals surface area contributed by atoms with Crippen molar-refractivity contribution in [3.63, 3.8) is 0 Å². The highest BCUT2D eigenvalue weighted by atomic mass is 35.5. The molecule has 2 rings (SSSR count). The zero-order valence-electron chi connectivity index (χ0n) is 10.6. The van der Waals surface area contributed by atoms with Crippen molar-refractivity contribution >= 4 is 34.8 Å². The normalized spacial score (nSPS) is 10.7. The van der Waals surface area contributed by atoms with Gasteiger partial charge in [0.1, 0.15) is 0 Å². The quantitative estimate of drug-likeness (QED) is 0.820. The van der Waals surface area contributed by atoms with E-state index in [1.807, 2.05) is 22.9 Å². The van der Waals surface area contributed by atoms with Crippen LogP contribution < -0.4 is 5.32 Å². The van der Waals surface area contributed by atoms with Gasteiger partial charge in [0.15, 0.2) is 0 Å². The summed E-state index contributed by atoms with van der Waals surface area (Å²) in [5, 5.41) is 4.38. The molecule has 4 nitrogen and oxygen atoms in total. The maximum Gasteiger partial charge on any atom is 0.207 e. The Morgan fingerprint density at radius 1 is 1.26 bits per heavy atom. The first-order valence-electron chi connectivity index (χ1n) is 5.92. The highest BCUT2D eigenvalue weighted by Crippen LogP contribution is 2.24. The number of hydrogen-bond acceptors (Lipinski definition) is 3. The molecule has 1 aromatic carbocycles. The molecule has 0 unspecified atom stereocenters. The van der Waals surface area contributed by atoms with Gasteiger partial charge in [0.2, 0.25) is 5.95 Å². The van der Waals surface area contributed by atoms with Gasteiger partial charge in [0.25, 0.3) is 0 Å². The Kier molecular flexibility index (Phi) is 5.07. The predicted molar refractivity (Wildman–Crippen MR) is 78.5 cm³/mol. The minimum absolute atomic E-state index is 0.590. The van der Waals surface area contributed by atoms with Crippen LogP contribution in [-0.4, -0.2) is 23.3 Å². The summed E-state index contributed by atoms with van der Waals surface area (Å²) in [5.74, 6) is 0.759. The van der Waals surface area contributed by atoms with Gasteiger partial charge in [-0.1, -0.05) is 23.2 Å². The molecule has 0 amide bonds. The third kappa shape index (κ3) is 4.13. The number of aryl methyl sites for hydroxylation is 1. The number of anilines is 2. The van der Waals surface area contributed by atoms with Crippen molar-refractivity contribution in [3.8, 4) is 0 Å². The Morgan fingerprint density at radius 2 is 2.00 bits per heavy atom. The Bertz CT molecular complexity index is 522. The Hall–Kier alpha value is -1.23. The second-order valence-electron chi connectivity index (χ2n) is 4.07. The summed E-state index contributed by atoms with van der Waals surface area (Å²) < 4.78 is 7.06. The van der Waals surface area contributed by atoms with Crippen molar-refractivity contribution in [2.75, 3.05) is 19.0 Å². The van der Waals surface area contributed by atoms with E-state index < -0.39 is 0 Å². The molecule has 0 radical (unpaired) electrons. The Morgan fingerprint density at radius 3 is 2.68 bits per heavy atom. The van der Waals surface area contributed by atoms with Crippen molar-refractivity contribution in [2.24, 2.45) is 0 Å². The second kappa shape index (κ2) is 6.80. The van der Waals surface area contributed by atoms with E-state index in [1.54, 1.807) is 19.4 Å². The third-order valence-electron chi connectivity index (χ3n) is 2.58. The van der Waals surface area contributed by atoms with E-state index in [0.29, 0.717) is 10.0 Å². The average molecular weight is 300 g/mol. The molecule has 6 heteroatoms. The summed E-state index contributed by atoms with van der Waals surface area (Å²) in [4.78, 5) is 4.27. The average Bonchev–Trinajstić information content (AvgIpc) is 2.76. The molecule has 0 bridgehead atoms. The summed E-state index contributed by atoms with van der Waals surface area (Å²) in [6, 6.07) is 5.31. The van der Waals surface area contributed by atoms with E-state index >= 15 is 0 Å². The first-order valence-corrected chi connectivity index (χ1v) is 6.68. The Labute approximate surface area is 122 Å². The van der Waals surface area contributed by atoms with Gasteiger partial charge in [0, 0.05) is 48.4 Å². The van der Waals surface area contributed by atoms with Crippen LogP contribution in [0.2, 0.25) is 10.0 Å². The summed E-state index contributed by atoms with van der Waals surface area (Å²) in [6.07, 6.45) is 4.60. The van der Waals surface area contributed by atoms with Gasteiger partial charge in [0.05, 0.1) is 0 Å². The van der Waals surface area contributed by atoms with Crippen LogP contribution in [-0.2, 0) is 11.3 Å². The van der Waals surface area contributed by atoms with Crippen LogP contribution in [0.4, 0.5) is 11.6 Å². The molecule has 0 fully saturated rings. The molecule has 0 aliphatic heterocycles. The molecule has 102 valence electrons. The van der Waals surface area contributed by atoms with Gasteiger partial charge in [-0.25, -0.2) is 4.98 Å². The Balaban J connectivity index is 2.08. The molecular weight excluding hydrogens is 285 g/mol. The minimum Gasteiger partial charge on any atom is -0.385 e. The fourth-order valence-corrected chi connectivity index (χ4v) is 2.27. The lowest BCUT2D eigenvalue weighted by Crippen LogP contribution is -2.05. The van der Waals surface area contributed by atoms with Crippen molar-refractivity contribution in [1.29, 1.82) is 0 Å². The lowest BCUT2D eigenvalue weighted by atomic mass is 10.3. The monoisotopic (exact) mass is 299 g/mol. The van der Waals surface area contributed by atoms with Crippen LogP contribution in [0.1, 0.15) is 6.42 Å². The van der Waals surface area contributed by atoms with Crippen LogP contribution >= 0.6 is 23.2 Å². The smallest absolute Gasteiger partial charge is 0.207 e. The standard InChI is InChI=1S/C13H15Cl2N3O/c1-19-6-2-4-18-5-3-16-13(18)17-12-8-10(14)7-11(15)9-12/h3,5,7-9H,2,4,6H2,1H3,(H,16,17). The molecule has 0 spiro atoms. The first kappa shape index (κ1) is 14.2. The predicted octanol–water partition coefficient (Wildman–Crippen LogP) is 3.97. The van der Waals surface area contributed by atoms with E-state index in [4.69, 9.17) is 27.9 Å². The van der Waals surface area contributed by atoms with Crippen LogP contribution in [0.15, 0.2) is 30.6 Å². The number of aromatic nitrogens is 2. The van der Waals surface area contributed by atoms with E-state index in [9.17, 15) is 0 Å². The molecule has 0 aliphatic carbocycles. The lowest BCUT2D eigenvalue weighted by molar-refractivity contribution is 0.190. The number of halogens is 2. The summed E-state index contributed by atoms with van der Waals surface area (Å²) in [6.45, 7) is 1.56. The molecule has 1 N–H and O–H groups in total. The summed E-state index contributed by atoms with van der Waals surface area (Å²) in [5.41, 5.74) is 0.816. The molecule has 1 heterocycles. The fraction of sp³-hybridized carbons (Fsp3) is 0.308. The van der Waals surface area contributed by atoms with Gasteiger partial charge < -0.3 is 14.6 Å². The summed E-state index contributed by atoms with van der Waals surface area (Å²) in [7, 11) is 1.70. The van der Waals surface area contributed by atoms with Crippen LogP contribution in [0.25, 0.3) is 0 Å². The molecular formula is C13H15Cl2N3O. The maximum atomic E-state index is 5.96. The maximum absolute atomic E-state index is 5.96. The molecule has 0 atom stereocenters. The molecule has 19 heavy (non-hydrogen) atoms. The number of methoxy groups -OCH3 is 1. The van der Waals surface area contributed by atoms with E-state index in [0.717, 1.165) is 31.2 Å².